The molecule has 2 unspecified atom stereocenters. The third-order valence-electron chi connectivity index (χ3n) is 7.21. The van der Waals surface area contributed by atoms with Crippen LogP contribution in [-0.2, 0) is 6.54 Å². The molecule has 1 aliphatic carbocycles. The van der Waals surface area contributed by atoms with Crippen LogP contribution in [0.3, 0.4) is 0 Å². The highest BCUT2D eigenvalue weighted by atomic mass is 16.1. The highest BCUT2D eigenvalue weighted by molar-refractivity contribution is 5.98. The van der Waals surface area contributed by atoms with E-state index in [1.165, 1.54) is 24.8 Å². The van der Waals surface area contributed by atoms with Crippen LogP contribution in [0.2, 0.25) is 0 Å². The van der Waals surface area contributed by atoms with Crippen LogP contribution >= 0.6 is 0 Å². The number of carbonyl (C=O) groups is 1. The van der Waals surface area contributed by atoms with Gasteiger partial charge in [-0.1, -0.05) is 60.7 Å². The molecule has 2 aromatic rings. The van der Waals surface area contributed by atoms with Crippen LogP contribution in [0.25, 0.3) is 6.08 Å². The van der Waals surface area contributed by atoms with Crippen LogP contribution < -0.4 is 5.32 Å². The fourth-order valence-corrected chi connectivity index (χ4v) is 5.13. The van der Waals surface area contributed by atoms with Crippen molar-refractivity contribution in [2.75, 3.05) is 13.1 Å². The minimum Gasteiger partial charge on any atom is -0.349 e. The first-order valence-electron chi connectivity index (χ1n) is 12.1. The zero-order chi connectivity index (χ0) is 22.4. The molecule has 0 bridgehead atoms. The fourth-order valence-electron chi connectivity index (χ4n) is 5.13. The number of benzene rings is 2. The van der Waals surface area contributed by atoms with Crippen LogP contribution in [0.1, 0.15) is 65.6 Å². The van der Waals surface area contributed by atoms with Gasteiger partial charge in [-0.05, 0) is 86.7 Å². The van der Waals surface area contributed by atoms with Crippen molar-refractivity contribution in [3.8, 4) is 0 Å². The Morgan fingerprint density at radius 2 is 1.97 bits per heavy atom. The molecular formula is C29H36N2O. The van der Waals surface area contributed by atoms with Crippen molar-refractivity contribution in [3.05, 3.63) is 89.5 Å². The highest BCUT2D eigenvalue weighted by Crippen LogP contribution is 2.54. The standard InChI is InChI=1S/C29H36N2O/c1-3-4-5-9-15-25-23(2)12-10-16-26(25)28(32)30-27-21-29(27)17-11-19-31(20-18-29)22-24-13-7-6-8-14-24/h3,6-10,12-16,27H,1,4-5,11,17-22H2,2H3,(H,30,32). The first kappa shape index (κ1) is 22.5. The molecule has 168 valence electrons. The van der Waals surface area contributed by atoms with Gasteiger partial charge in [0.1, 0.15) is 0 Å². The van der Waals surface area contributed by atoms with Crippen LogP contribution in [0.5, 0.6) is 0 Å². The number of nitrogens with zero attached hydrogens (tertiary/aromatic N) is 1. The SMILES string of the molecule is C=CCCC=Cc1c(C)cccc1C(=O)NC1CC12CCCN(Cc1ccccc1)CC2. The fraction of sp³-hybridized carbons (Fsp3) is 0.414. The Morgan fingerprint density at radius 3 is 2.78 bits per heavy atom. The van der Waals surface area contributed by atoms with Crippen molar-refractivity contribution < 1.29 is 4.79 Å². The van der Waals surface area contributed by atoms with Gasteiger partial charge in [-0.25, -0.2) is 0 Å². The molecule has 32 heavy (non-hydrogen) atoms. The van der Waals surface area contributed by atoms with Gasteiger partial charge >= 0.3 is 0 Å². The molecule has 2 aromatic carbocycles. The van der Waals surface area contributed by atoms with Gasteiger partial charge in [-0.3, -0.25) is 9.69 Å². The smallest absolute Gasteiger partial charge is 0.252 e. The topological polar surface area (TPSA) is 32.3 Å². The summed E-state index contributed by atoms with van der Waals surface area (Å²) in [5.41, 5.74) is 4.66. The maximum atomic E-state index is 13.2. The molecular weight excluding hydrogens is 392 g/mol. The van der Waals surface area contributed by atoms with Gasteiger partial charge in [0.05, 0.1) is 0 Å². The van der Waals surface area contributed by atoms with Crippen molar-refractivity contribution in [2.24, 2.45) is 5.41 Å². The second-order valence-electron chi connectivity index (χ2n) is 9.51. The van der Waals surface area contributed by atoms with Crippen molar-refractivity contribution in [1.82, 2.24) is 10.2 Å². The Morgan fingerprint density at radius 1 is 1.12 bits per heavy atom. The van der Waals surface area contributed by atoms with E-state index in [1.807, 2.05) is 18.2 Å². The second kappa shape index (κ2) is 10.3. The Labute approximate surface area is 193 Å². The second-order valence-corrected chi connectivity index (χ2v) is 9.51. The highest BCUT2D eigenvalue weighted by Gasteiger charge is 2.54. The third kappa shape index (κ3) is 5.39. The van der Waals surface area contributed by atoms with E-state index in [-0.39, 0.29) is 5.91 Å². The summed E-state index contributed by atoms with van der Waals surface area (Å²) >= 11 is 0. The average molecular weight is 429 g/mol. The van der Waals surface area contributed by atoms with Gasteiger partial charge in [-0.2, -0.15) is 0 Å². The Hall–Kier alpha value is -2.65. The maximum absolute atomic E-state index is 13.2. The summed E-state index contributed by atoms with van der Waals surface area (Å²) in [6.07, 6.45) is 12.8. The number of likely N-dealkylation sites (tertiary alicyclic amines) is 1. The summed E-state index contributed by atoms with van der Waals surface area (Å²) in [6.45, 7) is 9.15. The van der Waals surface area contributed by atoms with Crippen molar-refractivity contribution in [1.29, 1.82) is 0 Å². The lowest BCUT2D eigenvalue weighted by molar-refractivity contribution is 0.0943. The van der Waals surface area contributed by atoms with Gasteiger partial charge in [0.2, 0.25) is 0 Å². The van der Waals surface area contributed by atoms with Gasteiger partial charge in [0.15, 0.2) is 0 Å². The summed E-state index contributed by atoms with van der Waals surface area (Å²) in [5.74, 6) is 0.0735. The number of aryl methyl sites for hydroxylation is 1. The molecule has 3 nitrogen and oxygen atoms in total. The number of allylic oxidation sites excluding steroid dienone is 2. The predicted octanol–water partition coefficient (Wildman–Crippen LogP) is 6.15. The largest absolute Gasteiger partial charge is 0.349 e. The molecule has 2 fully saturated rings. The van der Waals surface area contributed by atoms with E-state index in [0.29, 0.717) is 11.5 Å². The first-order valence-corrected chi connectivity index (χ1v) is 12.1. The molecule has 1 N–H and O–H groups in total. The molecule has 1 amide bonds. The van der Waals surface area contributed by atoms with E-state index < -0.39 is 0 Å². The number of carbonyl (C=O) groups excluding carboxylic acids is 1. The normalized spacial score (nSPS) is 23.2. The molecule has 1 aliphatic heterocycles. The van der Waals surface area contributed by atoms with E-state index in [2.05, 4.69) is 72.3 Å². The van der Waals surface area contributed by atoms with E-state index in [9.17, 15) is 4.79 Å². The predicted molar refractivity (Wildman–Crippen MR) is 134 cm³/mol. The van der Waals surface area contributed by atoms with Gasteiger partial charge < -0.3 is 5.32 Å². The minimum atomic E-state index is 0.0735. The van der Waals surface area contributed by atoms with E-state index in [1.54, 1.807) is 0 Å². The zero-order valence-electron chi connectivity index (χ0n) is 19.4. The zero-order valence-corrected chi connectivity index (χ0v) is 19.4. The van der Waals surface area contributed by atoms with E-state index >= 15 is 0 Å². The average Bonchev–Trinajstić information content (AvgIpc) is 3.52. The Balaban J connectivity index is 1.36. The van der Waals surface area contributed by atoms with Gasteiger partial charge in [0, 0.05) is 18.2 Å². The molecule has 1 saturated carbocycles. The van der Waals surface area contributed by atoms with E-state index in [4.69, 9.17) is 0 Å². The Kier molecular flexibility index (Phi) is 7.26. The summed E-state index contributed by atoms with van der Waals surface area (Å²) in [7, 11) is 0. The molecule has 4 rings (SSSR count). The molecule has 2 atom stereocenters. The lowest BCUT2D eigenvalue weighted by Crippen LogP contribution is -2.31. The molecule has 0 radical (unpaired) electrons. The number of nitrogens with one attached hydrogen (secondary N) is 1. The van der Waals surface area contributed by atoms with E-state index in [0.717, 1.165) is 55.6 Å². The number of hydrogen-bond acceptors (Lipinski definition) is 2. The van der Waals surface area contributed by atoms with Crippen molar-refractivity contribution in [3.63, 3.8) is 0 Å². The number of hydrogen-bond donors (Lipinski definition) is 1. The van der Waals surface area contributed by atoms with Crippen LogP contribution in [0, 0.1) is 12.3 Å². The third-order valence-corrected chi connectivity index (χ3v) is 7.21. The number of rotatable bonds is 8. The van der Waals surface area contributed by atoms with Crippen molar-refractivity contribution in [2.45, 2.75) is 58.0 Å². The molecule has 0 aromatic heterocycles. The summed E-state index contributed by atoms with van der Waals surface area (Å²) in [6, 6.07) is 17.1. The molecule has 1 saturated heterocycles. The molecule has 1 heterocycles. The van der Waals surface area contributed by atoms with Crippen LogP contribution in [0.15, 0.2) is 67.3 Å². The molecule has 3 heteroatoms. The maximum Gasteiger partial charge on any atom is 0.252 e. The minimum absolute atomic E-state index is 0.0735. The summed E-state index contributed by atoms with van der Waals surface area (Å²) < 4.78 is 0. The molecule has 2 aliphatic rings. The van der Waals surface area contributed by atoms with Crippen LogP contribution in [0.4, 0.5) is 0 Å². The lowest BCUT2D eigenvalue weighted by atomic mass is 9.96. The quantitative estimate of drug-likeness (QED) is 0.404. The van der Waals surface area contributed by atoms with Gasteiger partial charge in [-0.15, -0.1) is 6.58 Å². The van der Waals surface area contributed by atoms with Crippen molar-refractivity contribution >= 4 is 12.0 Å². The summed E-state index contributed by atoms with van der Waals surface area (Å²) in [4.78, 5) is 15.8. The Bertz CT molecular complexity index is 964. The molecule has 1 spiro atoms. The lowest BCUT2D eigenvalue weighted by Gasteiger charge is -2.20. The van der Waals surface area contributed by atoms with Gasteiger partial charge in [0.25, 0.3) is 5.91 Å². The van der Waals surface area contributed by atoms with Crippen LogP contribution in [-0.4, -0.2) is 29.9 Å². The first-order chi connectivity index (χ1) is 15.6. The monoisotopic (exact) mass is 428 g/mol. The number of unbranched alkanes of at least 4 members (excludes halogenated alkanes) is 1. The number of amides is 1. The summed E-state index contributed by atoms with van der Waals surface area (Å²) in [5, 5.41) is 3.38.